The molecule has 2 heterocycles. The van der Waals surface area contributed by atoms with Crippen molar-refractivity contribution in [3.8, 4) is 11.8 Å². The summed E-state index contributed by atoms with van der Waals surface area (Å²) in [5.41, 5.74) is 3.19. The molecule has 1 atom stereocenters. The Morgan fingerprint density at radius 3 is 2.52 bits per heavy atom. The lowest BCUT2D eigenvalue weighted by atomic mass is 10.1. The van der Waals surface area contributed by atoms with E-state index in [4.69, 9.17) is 10.00 Å². The first-order valence-corrected chi connectivity index (χ1v) is 12.5. The van der Waals surface area contributed by atoms with Crippen LogP contribution in [0, 0.1) is 11.3 Å². The lowest BCUT2D eigenvalue weighted by Crippen LogP contribution is -2.45. The Morgan fingerprint density at radius 2 is 1.79 bits per heavy atom. The van der Waals surface area contributed by atoms with Crippen molar-refractivity contribution in [2.45, 2.75) is 25.6 Å². The van der Waals surface area contributed by atoms with Gasteiger partial charge >= 0.3 is 0 Å². The van der Waals surface area contributed by atoms with E-state index in [-0.39, 0.29) is 6.10 Å². The third-order valence-corrected chi connectivity index (χ3v) is 7.04. The fraction of sp³-hybridized carbons (Fsp3) is 0.370. The van der Waals surface area contributed by atoms with Crippen molar-refractivity contribution in [2.75, 3.05) is 39.8 Å². The summed E-state index contributed by atoms with van der Waals surface area (Å²) in [7, 11) is 1.99. The van der Waals surface area contributed by atoms with E-state index in [9.17, 15) is 0 Å². The van der Waals surface area contributed by atoms with Gasteiger partial charge in [0.05, 0.1) is 11.6 Å². The van der Waals surface area contributed by atoms with Crippen LogP contribution in [0.3, 0.4) is 0 Å². The van der Waals surface area contributed by atoms with Gasteiger partial charge in [-0.25, -0.2) is 0 Å². The number of thiophene rings is 1. The van der Waals surface area contributed by atoms with Gasteiger partial charge in [-0.1, -0.05) is 36.4 Å². The minimum atomic E-state index is 0.0691. The predicted octanol–water partition coefficient (Wildman–Crippen LogP) is 4.67. The zero-order chi connectivity index (χ0) is 22.9. The number of nitrogens with one attached hydrogen (secondary N) is 1. The molecule has 2 aromatic carbocycles. The van der Waals surface area contributed by atoms with Crippen LogP contribution in [0.4, 0.5) is 0 Å². The number of nitrogens with zero attached hydrogens (tertiary/aromatic N) is 3. The second kappa shape index (κ2) is 12.0. The molecule has 33 heavy (non-hydrogen) atoms. The molecule has 0 spiro atoms. The van der Waals surface area contributed by atoms with Crippen molar-refractivity contribution >= 4 is 11.3 Å². The maximum atomic E-state index is 9.13. The molecule has 0 aliphatic carbocycles. The number of benzene rings is 2. The van der Waals surface area contributed by atoms with Crippen LogP contribution in [0.25, 0.3) is 0 Å². The molecule has 172 valence electrons. The average Bonchev–Trinajstić information content (AvgIpc) is 3.39. The summed E-state index contributed by atoms with van der Waals surface area (Å²) in [6.45, 7) is 6.83. The smallest absolute Gasteiger partial charge is 0.134 e. The minimum Gasteiger partial charge on any atom is -0.485 e. The first-order chi connectivity index (χ1) is 16.2. The van der Waals surface area contributed by atoms with Crippen LogP contribution in [0.1, 0.15) is 34.1 Å². The lowest BCUT2D eigenvalue weighted by molar-refractivity contribution is 0.119. The summed E-state index contributed by atoms with van der Waals surface area (Å²) in [5.74, 6) is 0.989. The summed E-state index contributed by atoms with van der Waals surface area (Å²) in [6, 6.07) is 22.9. The van der Waals surface area contributed by atoms with Crippen molar-refractivity contribution in [1.82, 2.24) is 15.1 Å². The molecule has 0 radical (unpaired) electrons. The molecule has 1 N–H and O–H groups in total. The van der Waals surface area contributed by atoms with E-state index in [1.165, 1.54) is 16.0 Å². The van der Waals surface area contributed by atoms with Gasteiger partial charge in [0, 0.05) is 56.1 Å². The highest BCUT2D eigenvalue weighted by molar-refractivity contribution is 7.10. The second-order valence-electron chi connectivity index (χ2n) is 8.49. The van der Waals surface area contributed by atoms with E-state index >= 15 is 0 Å². The Labute approximate surface area is 201 Å². The Morgan fingerprint density at radius 1 is 1.00 bits per heavy atom. The number of hydrogen-bond acceptors (Lipinski definition) is 6. The molecule has 0 bridgehead atoms. The molecule has 1 fully saturated rings. The normalized spacial score (nSPS) is 15.8. The Hall–Kier alpha value is -2.69. The van der Waals surface area contributed by atoms with Crippen LogP contribution < -0.4 is 10.1 Å². The number of piperazine rings is 1. The third-order valence-electron chi connectivity index (χ3n) is 6.08. The molecule has 4 rings (SSSR count). The van der Waals surface area contributed by atoms with Gasteiger partial charge in [-0.15, -0.1) is 11.3 Å². The summed E-state index contributed by atoms with van der Waals surface area (Å²) in [4.78, 5) is 6.26. The van der Waals surface area contributed by atoms with Crippen molar-refractivity contribution in [2.24, 2.45) is 0 Å². The molecule has 1 aliphatic heterocycles. The van der Waals surface area contributed by atoms with Gasteiger partial charge in [0.1, 0.15) is 11.9 Å². The third kappa shape index (κ3) is 6.66. The van der Waals surface area contributed by atoms with Gasteiger partial charge in [0.2, 0.25) is 0 Å². The van der Waals surface area contributed by atoms with E-state index in [0.717, 1.165) is 63.5 Å². The predicted molar refractivity (Wildman–Crippen MR) is 134 cm³/mol. The molecule has 1 aliphatic rings. The average molecular weight is 461 g/mol. The molecule has 0 saturated carbocycles. The lowest BCUT2D eigenvalue weighted by Gasteiger charge is -2.35. The largest absolute Gasteiger partial charge is 0.485 e. The van der Waals surface area contributed by atoms with E-state index < -0.39 is 0 Å². The summed E-state index contributed by atoms with van der Waals surface area (Å²) in [5, 5.41) is 14.5. The van der Waals surface area contributed by atoms with Crippen LogP contribution in [0.2, 0.25) is 0 Å². The number of para-hydroxylation sites is 1. The number of nitriles is 1. The zero-order valence-corrected chi connectivity index (χ0v) is 20.1. The summed E-state index contributed by atoms with van der Waals surface area (Å²) >= 11 is 1.76. The van der Waals surface area contributed by atoms with Gasteiger partial charge in [-0.3, -0.25) is 9.80 Å². The fourth-order valence-electron chi connectivity index (χ4n) is 4.26. The molecule has 6 heteroatoms. The van der Waals surface area contributed by atoms with Crippen molar-refractivity contribution in [3.05, 3.63) is 87.6 Å². The van der Waals surface area contributed by atoms with Crippen LogP contribution >= 0.6 is 11.3 Å². The van der Waals surface area contributed by atoms with Crippen LogP contribution in [-0.4, -0.2) is 49.6 Å². The molecule has 5 nitrogen and oxygen atoms in total. The maximum absolute atomic E-state index is 9.13. The Balaban J connectivity index is 1.35. The molecule has 1 aromatic heterocycles. The van der Waals surface area contributed by atoms with Crippen LogP contribution in [0.15, 0.2) is 66.0 Å². The Kier molecular flexibility index (Phi) is 8.51. The van der Waals surface area contributed by atoms with Gasteiger partial charge in [-0.2, -0.15) is 5.26 Å². The summed E-state index contributed by atoms with van der Waals surface area (Å²) < 4.78 is 6.56. The van der Waals surface area contributed by atoms with Gasteiger partial charge in [0.15, 0.2) is 0 Å². The van der Waals surface area contributed by atoms with Gasteiger partial charge in [-0.05, 0) is 48.8 Å². The fourth-order valence-corrected chi connectivity index (χ4v) is 5.04. The topological polar surface area (TPSA) is 51.5 Å². The molecule has 1 unspecified atom stereocenters. The van der Waals surface area contributed by atoms with Crippen molar-refractivity contribution < 1.29 is 4.74 Å². The van der Waals surface area contributed by atoms with E-state index in [1.54, 1.807) is 11.3 Å². The van der Waals surface area contributed by atoms with E-state index in [1.807, 2.05) is 25.2 Å². The molecular weight excluding hydrogens is 428 g/mol. The summed E-state index contributed by atoms with van der Waals surface area (Å²) in [6.07, 6.45) is 1.01. The first kappa shape index (κ1) is 23.5. The Bertz CT molecular complexity index is 1040. The highest BCUT2D eigenvalue weighted by Crippen LogP contribution is 2.30. The number of hydrogen-bond donors (Lipinski definition) is 1. The molecular formula is C27H32N4OS. The standard InChI is InChI=1S/C27H32N4OS/c1-29-12-11-26(27-10-5-17-33-27)32-25-9-3-2-8-24(25)21-31-15-13-30(14-16-31)20-23-7-4-6-22(18-23)19-28/h2-10,17-18,26,29H,11-16,20-21H2,1H3. The van der Waals surface area contributed by atoms with Crippen molar-refractivity contribution in [3.63, 3.8) is 0 Å². The minimum absolute atomic E-state index is 0.0691. The van der Waals surface area contributed by atoms with Crippen molar-refractivity contribution in [1.29, 1.82) is 5.26 Å². The molecule has 0 amide bonds. The quantitative estimate of drug-likeness (QED) is 0.477. The zero-order valence-electron chi connectivity index (χ0n) is 19.2. The maximum Gasteiger partial charge on any atom is 0.134 e. The number of rotatable bonds is 10. The van der Waals surface area contributed by atoms with Gasteiger partial charge < -0.3 is 10.1 Å². The highest BCUT2D eigenvalue weighted by atomic mass is 32.1. The highest BCUT2D eigenvalue weighted by Gasteiger charge is 2.20. The van der Waals surface area contributed by atoms with E-state index in [0.29, 0.717) is 0 Å². The van der Waals surface area contributed by atoms with Crippen LogP contribution in [0.5, 0.6) is 5.75 Å². The van der Waals surface area contributed by atoms with Crippen LogP contribution in [-0.2, 0) is 13.1 Å². The van der Waals surface area contributed by atoms with E-state index in [2.05, 4.69) is 69.0 Å². The molecule has 1 saturated heterocycles. The van der Waals surface area contributed by atoms with Gasteiger partial charge in [0.25, 0.3) is 0 Å². The SMILES string of the molecule is CNCCC(Oc1ccccc1CN1CCN(Cc2cccc(C#N)c2)CC1)c1cccs1. The molecule has 3 aromatic rings. The second-order valence-corrected chi connectivity index (χ2v) is 9.47. The number of ether oxygens (including phenoxy) is 1. The first-order valence-electron chi connectivity index (χ1n) is 11.6. The monoisotopic (exact) mass is 460 g/mol.